The summed E-state index contributed by atoms with van der Waals surface area (Å²) in [7, 11) is 1.68. The van der Waals surface area contributed by atoms with Crippen LogP contribution in [-0.4, -0.2) is 61.3 Å². The van der Waals surface area contributed by atoms with Crippen LogP contribution in [0, 0.1) is 23.7 Å². The Hall–Kier alpha value is -1.22. The van der Waals surface area contributed by atoms with Gasteiger partial charge in [-0.15, -0.1) is 0 Å². The van der Waals surface area contributed by atoms with Gasteiger partial charge < -0.3 is 30.4 Å². The lowest BCUT2D eigenvalue weighted by Gasteiger charge is -2.41. The van der Waals surface area contributed by atoms with E-state index in [9.17, 15) is 14.7 Å². The van der Waals surface area contributed by atoms with E-state index in [2.05, 4.69) is 5.32 Å². The van der Waals surface area contributed by atoms with E-state index >= 15 is 0 Å². The molecule has 3 rings (SSSR count). The number of piperidine rings is 1. The number of nitrogens with one attached hydrogen (secondary N) is 1. The van der Waals surface area contributed by atoms with Crippen molar-refractivity contribution < 1.29 is 28.9 Å². The monoisotopic (exact) mass is 524 g/mol. The second-order valence-corrected chi connectivity index (χ2v) is 12.1. The highest BCUT2D eigenvalue weighted by atomic mass is 16.6. The molecule has 8 heteroatoms. The normalized spacial score (nSPS) is 32.9. The minimum atomic E-state index is -0.458. The Bertz CT molecular complexity index is 700. The van der Waals surface area contributed by atoms with Crippen LogP contribution in [0.1, 0.15) is 104 Å². The number of carbonyl (C=O) groups is 2. The van der Waals surface area contributed by atoms with E-state index in [-0.39, 0.29) is 42.3 Å². The van der Waals surface area contributed by atoms with E-state index in [4.69, 9.17) is 19.9 Å². The Morgan fingerprint density at radius 2 is 1.65 bits per heavy atom. The number of nitrogens with two attached hydrogens (primary N) is 1. The SMILES string of the molecule is COC1CC(CC[C@H](C[C@H](CC2CCCCC2)OC(C)=O)OC(C)=O)CC(CC2CCNC(N)C2)C1O. The summed E-state index contributed by atoms with van der Waals surface area (Å²) in [5.41, 5.74) is 6.12. The second kappa shape index (κ2) is 15.4. The Kier molecular flexibility index (Phi) is 12.6. The summed E-state index contributed by atoms with van der Waals surface area (Å²) in [5.74, 6) is 1.10. The van der Waals surface area contributed by atoms with Gasteiger partial charge in [-0.05, 0) is 81.6 Å². The number of hydrogen-bond acceptors (Lipinski definition) is 8. The lowest BCUT2D eigenvalue weighted by molar-refractivity contribution is -0.154. The topological polar surface area (TPSA) is 120 Å². The van der Waals surface area contributed by atoms with Crippen molar-refractivity contribution >= 4 is 11.9 Å². The third-order valence-electron chi connectivity index (χ3n) is 8.96. The lowest BCUT2D eigenvalue weighted by atomic mass is 9.71. The molecule has 4 N–H and O–H groups in total. The van der Waals surface area contributed by atoms with Gasteiger partial charge in [0.15, 0.2) is 0 Å². The van der Waals surface area contributed by atoms with Crippen LogP contribution in [0.5, 0.6) is 0 Å². The largest absolute Gasteiger partial charge is 0.462 e. The molecule has 0 amide bonds. The van der Waals surface area contributed by atoms with Gasteiger partial charge in [0.1, 0.15) is 12.2 Å². The van der Waals surface area contributed by atoms with Gasteiger partial charge in [-0.1, -0.05) is 32.1 Å². The Morgan fingerprint density at radius 3 is 2.30 bits per heavy atom. The van der Waals surface area contributed by atoms with Gasteiger partial charge in [0.25, 0.3) is 0 Å². The molecule has 8 nitrogen and oxygen atoms in total. The fourth-order valence-corrected chi connectivity index (χ4v) is 7.21. The first-order valence-corrected chi connectivity index (χ1v) is 14.8. The average molecular weight is 525 g/mol. The maximum atomic E-state index is 11.9. The van der Waals surface area contributed by atoms with E-state index in [1.165, 1.54) is 46.0 Å². The second-order valence-electron chi connectivity index (χ2n) is 12.1. The molecule has 37 heavy (non-hydrogen) atoms. The van der Waals surface area contributed by atoms with Crippen LogP contribution in [-0.2, 0) is 23.8 Å². The summed E-state index contributed by atoms with van der Waals surface area (Å²) in [6.07, 6.45) is 12.8. The van der Waals surface area contributed by atoms with Gasteiger partial charge in [-0.2, -0.15) is 0 Å². The molecule has 2 aliphatic carbocycles. The number of hydrogen-bond donors (Lipinski definition) is 3. The molecule has 0 aromatic carbocycles. The maximum absolute atomic E-state index is 11.9. The summed E-state index contributed by atoms with van der Waals surface area (Å²) in [5, 5.41) is 14.3. The van der Waals surface area contributed by atoms with Gasteiger partial charge >= 0.3 is 11.9 Å². The molecule has 6 unspecified atom stereocenters. The molecular weight excluding hydrogens is 472 g/mol. The highest BCUT2D eigenvalue weighted by Gasteiger charge is 2.39. The third-order valence-corrected chi connectivity index (χ3v) is 8.96. The molecule has 2 saturated carbocycles. The van der Waals surface area contributed by atoms with Crippen molar-refractivity contribution in [3.8, 4) is 0 Å². The number of aliphatic hydroxyl groups excluding tert-OH is 1. The Balaban J connectivity index is 1.59. The first-order chi connectivity index (χ1) is 17.7. The van der Waals surface area contributed by atoms with Crippen LogP contribution in [0.3, 0.4) is 0 Å². The van der Waals surface area contributed by atoms with Gasteiger partial charge in [0.05, 0.1) is 18.4 Å². The van der Waals surface area contributed by atoms with Crippen molar-refractivity contribution in [2.75, 3.05) is 13.7 Å². The number of rotatable bonds is 12. The van der Waals surface area contributed by atoms with E-state index < -0.39 is 6.10 Å². The molecule has 0 bridgehead atoms. The molecule has 214 valence electrons. The first-order valence-electron chi connectivity index (χ1n) is 14.8. The zero-order chi connectivity index (χ0) is 26.8. The van der Waals surface area contributed by atoms with Gasteiger partial charge in [-0.25, -0.2) is 0 Å². The summed E-state index contributed by atoms with van der Waals surface area (Å²) in [6.45, 7) is 3.84. The molecular formula is C29H52N2O6. The minimum absolute atomic E-state index is 0.0387. The standard InChI is InChI=1S/C29H52N2O6/c1-19(32)36-25(18-26(37-20(2)33)15-21-7-5-4-6-8-21)10-9-22-13-24(29(34)27(16-22)35-3)14-23-11-12-31-28(30)17-23/h21-29,31,34H,4-18,30H2,1-3H3/t22?,23?,24?,25-,26+,27?,28?,29?/m1/s1. The molecule has 1 saturated heterocycles. The van der Waals surface area contributed by atoms with Gasteiger partial charge in [-0.3, -0.25) is 9.59 Å². The van der Waals surface area contributed by atoms with Crippen molar-refractivity contribution in [1.82, 2.24) is 5.32 Å². The number of ether oxygens (including phenoxy) is 3. The fourth-order valence-electron chi connectivity index (χ4n) is 7.21. The molecule has 0 spiro atoms. The molecule has 1 aliphatic heterocycles. The molecule has 8 atom stereocenters. The van der Waals surface area contributed by atoms with Gasteiger partial charge in [0.2, 0.25) is 0 Å². The minimum Gasteiger partial charge on any atom is -0.462 e. The highest BCUT2D eigenvalue weighted by molar-refractivity contribution is 5.66. The first kappa shape index (κ1) is 30.3. The quantitative estimate of drug-likeness (QED) is 0.327. The summed E-state index contributed by atoms with van der Waals surface area (Å²) in [4.78, 5) is 23.8. The molecule has 0 radical (unpaired) electrons. The van der Waals surface area contributed by atoms with Crippen LogP contribution in [0.25, 0.3) is 0 Å². The van der Waals surface area contributed by atoms with Gasteiger partial charge in [0, 0.05) is 27.4 Å². The van der Waals surface area contributed by atoms with E-state index in [0.29, 0.717) is 24.2 Å². The summed E-state index contributed by atoms with van der Waals surface area (Å²) < 4.78 is 17.2. The zero-order valence-electron chi connectivity index (χ0n) is 23.4. The number of esters is 2. The summed E-state index contributed by atoms with van der Waals surface area (Å²) >= 11 is 0. The predicted molar refractivity (Wildman–Crippen MR) is 142 cm³/mol. The average Bonchev–Trinajstić information content (AvgIpc) is 2.84. The molecule has 3 fully saturated rings. The van der Waals surface area contributed by atoms with E-state index in [0.717, 1.165) is 57.9 Å². The van der Waals surface area contributed by atoms with Crippen molar-refractivity contribution in [3.05, 3.63) is 0 Å². The van der Waals surface area contributed by atoms with Crippen LogP contribution >= 0.6 is 0 Å². The van der Waals surface area contributed by atoms with E-state index in [1.807, 2.05) is 0 Å². The van der Waals surface area contributed by atoms with Crippen molar-refractivity contribution in [2.45, 2.75) is 134 Å². The predicted octanol–water partition coefficient (Wildman–Crippen LogP) is 4.07. The zero-order valence-corrected chi connectivity index (χ0v) is 23.4. The van der Waals surface area contributed by atoms with Crippen LogP contribution in [0.4, 0.5) is 0 Å². The number of carbonyl (C=O) groups excluding carboxylic acids is 2. The molecule has 1 heterocycles. The smallest absolute Gasteiger partial charge is 0.302 e. The summed E-state index contributed by atoms with van der Waals surface area (Å²) in [6, 6.07) is 0. The van der Waals surface area contributed by atoms with Crippen molar-refractivity contribution in [2.24, 2.45) is 29.4 Å². The Morgan fingerprint density at radius 1 is 0.946 bits per heavy atom. The fraction of sp³-hybridized carbons (Fsp3) is 0.931. The van der Waals surface area contributed by atoms with Crippen molar-refractivity contribution in [3.63, 3.8) is 0 Å². The molecule has 0 aromatic heterocycles. The van der Waals surface area contributed by atoms with E-state index in [1.54, 1.807) is 7.11 Å². The van der Waals surface area contributed by atoms with Crippen LogP contribution in [0.2, 0.25) is 0 Å². The highest BCUT2D eigenvalue weighted by Crippen LogP contribution is 2.39. The van der Waals surface area contributed by atoms with Crippen LogP contribution in [0.15, 0.2) is 0 Å². The Labute approximate surface area is 223 Å². The van der Waals surface area contributed by atoms with Crippen molar-refractivity contribution in [1.29, 1.82) is 0 Å². The molecule has 3 aliphatic rings. The number of aliphatic hydroxyl groups is 1. The third kappa shape index (κ3) is 10.5. The molecule has 0 aromatic rings. The maximum Gasteiger partial charge on any atom is 0.302 e. The van der Waals surface area contributed by atoms with Crippen LogP contribution < -0.4 is 11.1 Å². The lowest BCUT2D eigenvalue weighted by Crippen LogP contribution is -2.47. The number of methoxy groups -OCH3 is 1.